The molecule has 1 heterocycles. The van der Waals surface area contributed by atoms with Crippen molar-refractivity contribution in [2.24, 2.45) is 0 Å². The highest BCUT2D eigenvalue weighted by Gasteiger charge is 2.07. The zero-order chi connectivity index (χ0) is 8.97. The number of hydrogen-bond donors (Lipinski definition) is 0. The van der Waals surface area contributed by atoms with Gasteiger partial charge < -0.3 is 9.32 Å². The molecule has 0 spiro atoms. The van der Waals surface area contributed by atoms with E-state index in [4.69, 9.17) is 4.42 Å². The van der Waals surface area contributed by atoms with Crippen LogP contribution in [-0.4, -0.2) is 17.4 Å². The quantitative estimate of drug-likeness (QED) is 0.685. The molecule has 0 fully saturated rings. The predicted octanol–water partition coefficient (Wildman–Crippen LogP) is 1.65. The topological polar surface area (TPSA) is 33.5 Å². The van der Waals surface area contributed by atoms with Crippen LogP contribution in [0.2, 0.25) is 0 Å². The lowest BCUT2D eigenvalue weighted by molar-refractivity contribution is -0.129. The second-order valence-electron chi connectivity index (χ2n) is 2.61. The number of furan rings is 1. The van der Waals surface area contributed by atoms with Gasteiger partial charge in [0.25, 0.3) is 0 Å². The largest absolute Gasteiger partial charge is 0.467 e. The van der Waals surface area contributed by atoms with Crippen LogP contribution in [0.15, 0.2) is 22.8 Å². The van der Waals surface area contributed by atoms with Crippen LogP contribution in [0.5, 0.6) is 0 Å². The van der Waals surface area contributed by atoms with Gasteiger partial charge in [-0.25, -0.2) is 0 Å². The Hall–Kier alpha value is -1.25. The first kappa shape index (κ1) is 8.84. The molecule has 0 aromatic carbocycles. The Kier molecular flexibility index (Phi) is 2.91. The van der Waals surface area contributed by atoms with Crippen LogP contribution in [0.4, 0.5) is 0 Å². The molecule has 0 atom stereocenters. The maximum Gasteiger partial charge on any atom is 0.219 e. The maximum atomic E-state index is 11.0. The van der Waals surface area contributed by atoms with E-state index in [1.165, 1.54) is 0 Å². The Balaban J connectivity index is 2.54. The second kappa shape index (κ2) is 3.95. The molecule has 0 radical (unpaired) electrons. The average Bonchev–Trinajstić information content (AvgIpc) is 2.51. The van der Waals surface area contributed by atoms with E-state index in [1.807, 2.05) is 19.1 Å². The zero-order valence-electron chi connectivity index (χ0n) is 7.41. The Labute approximate surface area is 72.0 Å². The van der Waals surface area contributed by atoms with Gasteiger partial charge in [-0.05, 0) is 19.1 Å². The van der Waals surface area contributed by atoms with E-state index in [0.717, 1.165) is 12.3 Å². The molecule has 1 aromatic heterocycles. The minimum absolute atomic E-state index is 0.0777. The highest BCUT2D eigenvalue weighted by Crippen LogP contribution is 2.04. The fraction of sp³-hybridized carbons (Fsp3) is 0.444. The van der Waals surface area contributed by atoms with Crippen molar-refractivity contribution in [3.8, 4) is 0 Å². The predicted molar refractivity (Wildman–Crippen MR) is 45.5 cm³/mol. The van der Waals surface area contributed by atoms with Crippen LogP contribution in [0, 0.1) is 0 Å². The van der Waals surface area contributed by atoms with Gasteiger partial charge in [0.15, 0.2) is 0 Å². The highest BCUT2D eigenvalue weighted by atomic mass is 16.3. The van der Waals surface area contributed by atoms with Gasteiger partial charge in [-0.2, -0.15) is 0 Å². The van der Waals surface area contributed by atoms with Crippen LogP contribution in [0.3, 0.4) is 0 Å². The van der Waals surface area contributed by atoms with Crippen molar-refractivity contribution in [3.63, 3.8) is 0 Å². The molecule has 0 unspecified atom stereocenters. The van der Waals surface area contributed by atoms with E-state index in [1.54, 1.807) is 18.1 Å². The van der Waals surface area contributed by atoms with Crippen LogP contribution in [0.1, 0.15) is 19.6 Å². The first-order valence-corrected chi connectivity index (χ1v) is 4.02. The van der Waals surface area contributed by atoms with E-state index in [2.05, 4.69) is 0 Å². The standard InChI is InChI=1S/C9H13NO2/c1-3-10(8(2)11)7-9-5-4-6-12-9/h4-6H,3,7H2,1-2H3. The van der Waals surface area contributed by atoms with Gasteiger partial charge in [0, 0.05) is 13.5 Å². The number of nitrogens with zero attached hydrogens (tertiary/aromatic N) is 1. The van der Waals surface area contributed by atoms with Crippen molar-refractivity contribution >= 4 is 5.91 Å². The lowest BCUT2D eigenvalue weighted by Crippen LogP contribution is -2.27. The number of carbonyl (C=O) groups excluding carboxylic acids is 1. The number of amides is 1. The molecule has 3 heteroatoms. The number of hydrogen-bond acceptors (Lipinski definition) is 2. The molecule has 1 aromatic rings. The van der Waals surface area contributed by atoms with Gasteiger partial charge >= 0.3 is 0 Å². The second-order valence-corrected chi connectivity index (χ2v) is 2.61. The van der Waals surface area contributed by atoms with Gasteiger partial charge in [0.05, 0.1) is 12.8 Å². The van der Waals surface area contributed by atoms with Gasteiger partial charge in [0.1, 0.15) is 5.76 Å². The Bertz CT molecular complexity index is 241. The third-order valence-electron chi connectivity index (χ3n) is 1.75. The smallest absolute Gasteiger partial charge is 0.219 e. The summed E-state index contributed by atoms with van der Waals surface area (Å²) in [7, 11) is 0. The van der Waals surface area contributed by atoms with Crippen LogP contribution in [-0.2, 0) is 11.3 Å². The maximum absolute atomic E-state index is 11.0. The molecule has 0 saturated heterocycles. The minimum Gasteiger partial charge on any atom is -0.467 e. The molecular formula is C9H13NO2. The summed E-state index contributed by atoms with van der Waals surface area (Å²) in [6.45, 7) is 4.80. The van der Waals surface area contributed by atoms with Crippen molar-refractivity contribution in [1.29, 1.82) is 0 Å². The lowest BCUT2D eigenvalue weighted by atomic mass is 10.4. The molecule has 0 aliphatic heterocycles. The Morgan fingerprint density at radius 3 is 2.83 bits per heavy atom. The molecular weight excluding hydrogens is 154 g/mol. The summed E-state index contributed by atoms with van der Waals surface area (Å²) < 4.78 is 5.12. The van der Waals surface area contributed by atoms with Crippen LogP contribution < -0.4 is 0 Å². The summed E-state index contributed by atoms with van der Waals surface area (Å²) >= 11 is 0. The monoisotopic (exact) mass is 167 g/mol. The molecule has 66 valence electrons. The van der Waals surface area contributed by atoms with Crippen molar-refractivity contribution < 1.29 is 9.21 Å². The van der Waals surface area contributed by atoms with Crippen molar-refractivity contribution in [2.45, 2.75) is 20.4 Å². The Morgan fingerprint density at radius 2 is 2.42 bits per heavy atom. The SMILES string of the molecule is CCN(Cc1ccco1)C(C)=O. The van der Waals surface area contributed by atoms with Gasteiger partial charge in [-0.15, -0.1) is 0 Å². The summed E-state index contributed by atoms with van der Waals surface area (Å²) in [5.74, 6) is 0.904. The van der Waals surface area contributed by atoms with Gasteiger partial charge in [-0.3, -0.25) is 4.79 Å². The molecule has 3 nitrogen and oxygen atoms in total. The van der Waals surface area contributed by atoms with Crippen molar-refractivity contribution in [1.82, 2.24) is 4.90 Å². The average molecular weight is 167 g/mol. The number of rotatable bonds is 3. The van der Waals surface area contributed by atoms with Crippen molar-refractivity contribution in [3.05, 3.63) is 24.2 Å². The van der Waals surface area contributed by atoms with E-state index in [9.17, 15) is 4.79 Å². The molecule has 1 amide bonds. The summed E-state index contributed by atoms with van der Waals surface area (Å²) in [5.41, 5.74) is 0. The lowest BCUT2D eigenvalue weighted by Gasteiger charge is -2.16. The molecule has 0 bridgehead atoms. The molecule has 0 N–H and O–H groups in total. The normalized spacial score (nSPS) is 9.83. The molecule has 0 aliphatic rings. The van der Waals surface area contributed by atoms with E-state index in [0.29, 0.717) is 6.54 Å². The molecule has 0 saturated carbocycles. The summed E-state index contributed by atoms with van der Waals surface area (Å²) in [6, 6.07) is 3.69. The molecule has 0 aliphatic carbocycles. The fourth-order valence-electron chi connectivity index (χ4n) is 1.04. The van der Waals surface area contributed by atoms with E-state index >= 15 is 0 Å². The first-order valence-electron chi connectivity index (χ1n) is 4.02. The third-order valence-corrected chi connectivity index (χ3v) is 1.75. The third kappa shape index (κ3) is 2.12. The number of carbonyl (C=O) groups is 1. The highest BCUT2D eigenvalue weighted by molar-refractivity contribution is 5.73. The van der Waals surface area contributed by atoms with E-state index < -0.39 is 0 Å². The summed E-state index contributed by atoms with van der Waals surface area (Å²) in [5, 5.41) is 0. The van der Waals surface area contributed by atoms with Gasteiger partial charge in [0.2, 0.25) is 5.91 Å². The summed E-state index contributed by atoms with van der Waals surface area (Å²) in [4.78, 5) is 12.7. The van der Waals surface area contributed by atoms with Crippen LogP contribution >= 0.6 is 0 Å². The minimum atomic E-state index is 0.0777. The van der Waals surface area contributed by atoms with E-state index in [-0.39, 0.29) is 5.91 Å². The summed E-state index contributed by atoms with van der Waals surface area (Å²) in [6.07, 6.45) is 1.61. The van der Waals surface area contributed by atoms with Crippen molar-refractivity contribution in [2.75, 3.05) is 6.54 Å². The zero-order valence-corrected chi connectivity index (χ0v) is 7.41. The first-order chi connectivity index (χ1) is 5.74. The molecule has 1 rings (SSSR count). The van der Waals surface area contributed by atoms with Gasteiger partial charge in [-0.1, -0.05) is 0 Å². The fourth-order valence-corrected chi connectivity index (χ4v) is 1.04. The molecule has 12 heavy (non-hydrogen) atoms. The Morgan fingerprint density at radius 1 is 1.67 bits per heavy atom. The van der Waals surface area contributed by atoms with Crippen LogP contribution in [0.25, 0.3) is 0 Å².